The lowest BCUT2D eigenvalue weighted by Crippen LogP contribution is -2.30. The number of hydrogen-bond acceptors (Lipinski definition) is 5. The van der Waals surface area contributed by atoms with Crippen LogP contribution in [-0.4, -0.2) is 38.7 Å². The number of carbonyl (C=O) groups excluding carboxylic acids is 1. The highest BCUT2D eigenvalue weighted by Gasteiger charge is 2.19. The molecule has 1 N–H and O–H groups in total. The van der Waals surface area contributed by atoms with Crippen LogP contribution in [0.2, 0.25) is 0 Å². The second kappa shape index (κ2) is 8.07. The summed E-state index contributed by atoms with van der Waals surface area (Å²) in [4.78, 5) is 16.6. The van der Waals surface area contributed by atoms with Gasteiger partial charge >= 0.3 is 6.03 Å². The van der Waals surface area contributed by atoms with Gasteiger partial charge in [-0.15, -0.1) is 0 Å². The van der Waals surface area contributed by atoms with Crippen molar-refractivity contribution in [2.45, 2.75) is 19.1 Å². The maximum Gasteiger partial charge on any atom is 0.345 e. The van der Waals surface area contributed by atoms with Crippen LogP contribution in [0.3, 0.4) is 0 Å². The van der Waals surface area contributed by atoms with Crippen LogP contribution in [0.1, 0.15) is 12.0 Å². The second-order valence-electron chi connectivity index (χ2n) is 5.83. The summed E-state index contributed by atoms with van der Waals surface area (Å²) in [6, 6.07) is 12.5. The summed E-state index contributed by atoms with van der Waals surface area (Å²) in [6.45, 7) is 0. The Balaban J connectivity index is 1.65. The molecule has 7 nitrogen and oxygen atoms in total. The third kappa shape index (κ3) is 4.25. The standard InChI is InChI=1S/C19H22N2O5/c1-21(24-3)19(22)20-14-6-9-15(10-7-14)25-16-8-4-13-5-11-18(23-2)26-17(13)12-16/h4,6-10,12,18H,5,11H2,1-3H3,(H,20,22). The molecular formula is C19H22N2O5. The highest BCUT2D eigenvalue weighted by molar-refractivity contribution is 5.88. The summed E-state index contributed by atoms with van der Waals surface area (Å²) in [5, 5.41) is 3.81. The van der Waals surface area contributed by atoms with Crippen LogP contribution in [-0.2, 0) is 16.0 Å². The van der Waals surface area contributed by atoms with Gasteiger partial charge in [0.05, 0.1) is 7.11 Å². The maximum atomic E-state index is 11.7. The molecule has 0 aromatic heterocycles. The Morgan fingerprint density at radius 3 is 2.58 bits per heavy atom. The minimum atomic E-state index is -0.360. The third-order valence-corrected chi connectivity index (χ3v) is 4.11. The number of rotatable bonds is 5. The van der Waals surface area contributed by atoms with Gasteiger partial charge < -0.3 is 19.5 Å². The molecule has 0 aliphatic carbocycles. The van der Waals surface area contributed by atoms with E-state index in [1.165, 1.54) is 14.2 Å². The topological polar surface area (TPSA) is 69.3 Å². The normalized spacial score (nSPS) is 15.6. The van der Waals surface area contributed by atoms with Crippen LogP contribution >= 0.6 is 0 Å². The maximum absolute atomic E-state index is 11.7. The van der Waals surface area contributed by atoms with Crippen LogP contribution < -0.4 is 14.8 Å². The van der Waals surface area contributed by atoms with Gasteiger partial charge in [-0.25, -0.2) is 9.86 Å². The minimum absolute atomic E-state index is 0.217. The Morgan fingerprint density at radius 1 is 1.15 bits per heavy atom. The molecule has 0 radical (unpaired) electrons. The molecule has 0 bridgehead atoms. The number of ether oxygens (including phenoxy) is 3. The summed E-state index contributed by atoms with van der Waals surface area (Å²) >= 11 is 0. The van der Waals surface area contributed by atoms with Gasteiger partial charge in [-0.2, -0.15) is 0 Å². The molecule has 7 heteroatoms. The largest absolute Gasteiger partial charge is 0.465 e. The highest BCUT2D eigenvalue weighted by Crippen LogP contribution is 2.33. The molecule has 1 heterocycles. The van der Waals surface area contributed by atoms with Crippen LogP contribution in [0.4, 0.5) is 10.5 Å². The third-order valence-electron chi connectivity index (χ3n) is 4.11. The number of urea groups is 1. The molecule has 2 aromatic carbocycles. The average molecular weight is 358 g/mol. The molecule has 2 amide bonds. The quantitative estimate of drug-likeness (QED) is 0.824. The molecule has 0 spiro atoms. The van der Waals surface area contributed by atoms with Crippen molar-refractivity contribution in [1.29, 1.82) is 0 Å². The lowest BCUT2D eigenvalue weighted by Gasteiger charge is -2.25. The molecule has 0 fully saturated rings. The first kappa shape index (κ1) is 18.0. The van der Waals surface area contributed by atoms with Gasteiger partial charge in [0.2, 0.25) is 0 Å². The molecule has 1 unspecified atom stereocenters. The first-order valence-corrected chi connectivity index (χ1v) is 8.28. The van der Waals surface area contributed by atoms with E-state index in [9.17, 15) is 4.79 Å². The van der Waals surface area contributed by atoms with E-state index >= 15 is 0 Å². The van der Waals surface area contributed by atoms with E-state index in [4.69, 9.17) is 19.0 Å². The SMILES string of the molecule is COC1CCc2ccc(Oc3ccc(NC(=O)N(C)OC)cc3)cc2O1. The van der Waals surface area contributed by atoms with Gasteiger partial charge in [0, 0.05) is 32.3 Å². The molecule has 3 rings (SSSR count). The van der Waals surface area contributed by atoms with Crippen molar-refractivity contribution in [2.24, 2.45) is 0 Å². The smallest absolute Gasteiger partial charge is 0.345 e. The van der Waals surface area contributed by atoms with E-state index in [-0.39, 0.29) is 12.3 Å². The molecule has 1 aliphatic rings. The number of anilines is 1. The number of methoxy groups -OCH3 is 1. The van der Waals surface area contributed by atoms with Crippen molar-refractivity contribution in [3.05, 3.63) is 48.0 Å². The van der Waals surface area contributed by atoms with Gasteiger partial charge in [-0.05, 0) is 42.3 Å². The van der Waals surface area contributed by atoms with Crippen LogP contribution in [0.5, 0.6) is 17.2 Å². The van der Waals surface area contributed by atoms with Crippen molar-refractivity contribution in [3.63, 3.8) is 0 Å². The zero-order valence-corrected chi connectivity index (χ0v) is 15.0. The molecule has 138 valence electrons. The molecule has 26 heavy (non-hydrogen) atoms. The molecule has 1 aliphatic heterocycles. The number of nitrogens with zero attached hydrogens (tertiary/aromatic N) is 1. The zero-order chi connectivity index (χ0) is 18.5. The van der Waals surface area contributed by atoms with Gasteiger partial charge in [0.1, 0.15) is 17.2 Å². The molecule has 2 aromatic rings. The predicted molar refractivity (Wildman–Crippen MR) is 96.5 cm³/mol. The van der Waals surface area contributed by atoms with Crippen LogP contribution in [0.25, 0.3) is 0 Å². The summed E-state index contributed by atoms with van der Waals surface area (Å²) in [5.74, 6) is 2.12. The number of amides is 2. The van der Waals surface area contributed by atoms with Crippen molar-refractivity contribution < 1.29 is 23.8 Å². The Bertz CT molecular complexity index is 763. The first-order valence-electron chi connectivity index (χ1n) is 8.28. The number of nitrogens with one attached hydrogen (secondary N) is 1. The Hall–Kier alpha value is -2.77. The molecular weight excluding hydrogens is 336 g/mol. The zero-order valence-electron chi connectivity index (χ0n) is 15.0. The van der Waals surface area contributed by atoms with E-state index in [1.807, 2.05) is 18.2 Å². The highest BCUT2D eigenvalue weighted by atomic mass is 16.7. The fraction of sp³-hybridized carbons (Fsp3) is 0.316. The lowest BCUT2D eigenvalue weighted by molar-refractivity contribution is -0.0654. The fourth-order valence-electron chi connectivity index (χ4n) is 2.58. The summed E-state index contributed by atoms with van der Waals surface area (Å²) in [7, 11) is 4.59. The Morgan fingerprint density at radius 2 is 1.88 bits per heavy atom. The lowest BCUT2D eigenvalue weighted by atomic mass is 10.1. The fourth-order valence-corrected chi connectivity index (χ4v) is 2.58. The molecule has 0 saturated carbocycles. The number of fused-ring (bicyclic) bond motifs is 1. The van der Waals surface area contributed by atoms with Gasteiger partial charge in [-0.3, -0.25) is 4.84 Å². The molecule has 1 atom stereocenters. The van der Waals surface area contributed by atoms with E-state index in [0.717, 1.165) is 29.2 Å². The summed E-state index contributed by atoms with van der Waals surface area (Å²) < 4.78 is 16.9. The number of carbonyl (C=O) groups is 1. The van der Waals surface area contributed by atoms with Crippen LogP contribution in [0, 0.1) is 0 Å². The second-order valence-corrected chi connectivity index (χ2v) is 5.83. The van der Waals surface area contributed by atoms with E-state index in [1.54, 1.807) is 31.4 Å². The number of aryl methyl sites for hydroxylation is 1. The first-order chi connectivity index (χ1) is 12.6. The predicted octanol–water partition coefficient (Wildman–Crippen LogP) is 3.80. The number of benzene rings is 2. The van der Waals surface area contributed by atoms with E-state index < -0.39 is 0 Å². The Kier molecular flexibility index (Phi) is 5.60. The van der Waals surface area contributed by atoms with Crippen LogP contribution in [0.15, 0.2) is 42.5 Å². The van der Waals surface area contributed by atoms with Gasteiger partial charge in [0.15, 0.2) is 6.29 Å². The van der Waals surface area contributed by atoms with Gasteiger partial charge in [0.25, 0.3) is 0 Å². The van der Waals surface area contributed by atoms with Crippen molar-refractivity contribution >= 4 is 11.7 Å². The van der Waals surface area contributed by atoms with E-state index in [0.29, 0.717) is 17.2 Å². The number of hydrogen-bond donors (Lipinski definition) is 1. The summed E-state index contributed by atoms with van der Waals surface area (Å²) in [5.41, 5.74) is 1.79. The molecule has 0 saturated heterocycles. The van der Waals surface area contributed by atoms with Gasteiger partial charge in [-0.1, -0.05) is 6.07 Å². The van der Waals surface area contributed by atoms with Crippen molar-refractivity contribution in [2.75, 3.05) is 26.6 Å². The van der Waals surface area contributed by atoms with E-state index in [2.05, 4.69) is 5.32 Å². The monoisotopic (exact) mass is 358 g/mol. The summed E-state index contributed by atoms with van der Waals surface area (Å²) in [6.07, 6.45) is 1.54. The van der Waals surface area contributed by atoms with Crippen molar-refractivity contribution in [3.8, 4) is 17.2 Å². The number of hydroxylamine groups is 2. The average Bonchev–Trinajstić information content (AvgIpc) is 2.68. The minimum Gasteiger partial charge on any atom is -0.465 e. The van der Waals surface area contributed by atoms with Crippen molar-refractivity contribution in [1.82, 2.24) is 5.06 Å². The Labute approximate surface area is 152 Å².